The molecule has 3 nitrogen and oxygen atoms in total. The van der Waals surface area contributed by atoms with Gasteiger partial charge in [0, 0.05) is 22.8 Å². The summed E-state index contributed by atoms with van der Waals surface area (Å²) < 4.78 is 1.11. The van der Waals surface area contributed by atoms with Crippen molar-refractivity contribution in [2.24, 2.45) is 0 Å². The van der Waals surface area contributed by atoms with E-state index in [4.69, 9.17) is 0 Å². The molecule has 0 saturated carbocycles. The summed E-state index contributed by atoms with van der Waals surface area (Å²) in [4.78, 5) is 5.66. The standard InChI is InChI=1S/C19H14N2OS/c22-15-8-4-7-14(11-15)21-16-9-10-20-17-12-18(23-19(16)17)13-5-2-1-3-6-13/h1-12,22H,(H,20,21). The molecule has 0 bridgehead atoms. The van der Waals surface area contributed by atoms with Gasteiger partial charge >= 0.3 is 0 Å². The fourth-order valence-corrected chi connectivity index (χ4v) is 3.61. The Balaban J connectivity index is 1.77. The number of hydrogen-bond acceptors (Lipinski definition) is 4. The number of pyridine rings is 1. The average molecular weight is 318 g/mol. The zero-order valence-corrected chi connectivity index (χ0v) is 13.0. The number of rotatable bonds is 3. The van der Waals surface area contributed by atoms with Crippen molar-refractivity contribution in [1.82, 2.24) is 4.98 Å². The molecule has 0 aliphatic heterocycles. The van der Waals surface area contributed by atoms with E-state index in [1.165, 1.54) is 10.4 Å². The summed E-state index contributed by atoms with van der Waals surface area (Å²) in [6, 6.07) is 21.5. The number of anilines is 2. The van der Waals surface area contributed by atoms with E-state index in [0.29, 0.717) is 0 Å². The molecule has 0 fully saturated rings. The van der Waals surface area contributed by atoms with Gasteiger partial charge in [0.05, 0.1) is 15.9 Å². The quantitative estimate of drug-likeness (QED) is 0.530. The SMILES string of the molecule is Oc1cccc(Nc2ccnc3cc(-c4ccccc4)sc23)c1. The summed E-state index contributed by atoms with van der Waals surface area (Å²) in [5.41, 5.74) is 4.01. The summed E-state index contributed by atoms with van der Waals surface area (Å²) in [5, 5.41) is 13.0. The molecule has 0 radical (unpaired) electrons. The highest BCUT2D eigenvalue weighted by molar-refractivity contribution is 7.22. The molecule has 0 spiro atoms. The number of nitrogens with zero attached hydrogens (tertiary/aromatic N) is 1. The summed E-state index contributed by atoms with van der Waals surface area (Å²) in [5.74, 6) is 0.247. The van der Waals surface area contributed by atoms with Gasteiger partial charge in [0.15, 0.2) is 0 Å². The smallest absolute Gasteiger partial charge is 0.117 e. The van der Waals surface area contributed by atoms with E-state index in [1.807, 2.05) is 36.4 Å². The second-order valence-electron chi connectivity index (χ2n) is 5.22. The molecule has 0 unspecified atom stereocenters. The Bertz CT molecular complexity index is 963. The Morgan fingerprint density at radius 1 is 0.913 bits per heavy atom. The van der Waals surface area contributed by atoms with E-state index in [2.05, 4.69) is 28.5 Å². The molecule has 0 aliphatic carbocycles. The van der Waals surface area contributed by atoms with Gasteiger partial charge in [0.2, 0.25) is 0 Å². The van der Waals surface area contributed by atoms with E-state index in [9.17, 15) is 5.11 Å². The van der Waals surface area contributed by atoms with Gasteiger partial charge in [-0.05, 0) is 29.8 Å². The van der Waals surface area contributed by atoms with Crippen LogP contribution in [0.3, 0.4) is 0 Å². The molecule has 4 aromatic rings. The third-order valence-corrected chi connectivity index (χ3v) is 4.80. The Morgan fingerprint density at radius 3 is 2.61 bits per heavy atom. The molecule has 0 atom stereocenters. The Morgan fingerprint density at radius 2 is 1.78 bits per heavy atom. The van der Waals surface area contributed by atoms with Crippen molar-refractivity contribution in [1.29, 1.82) is 0 Å². The zero-order valence-electron chi connectivity index (χ0n) is 12.2. The van der Waals surface area contributed by atoms with Crippen molar-refractivity contribution < 1.29 is 5.11 Å². The molecule has 23 heavy (non-hydrogen) atoms. The fourth-order valence-electron chi connectivity index (χ4n) is 2.52. The van der Waals surface area contributed by atoms with E-state index >= 15 is 0 Å². The number of nitrogens with one attached hydrogen (secondary N) is 1. The highest BCUT2D eigenvalue weighted by atomic mass is 32.1. The number of benzene rings is 2. The minimum absolute atomic E-state index is 0.247. The third-order valence-electron chi connectivity index (χ3n) is 3.60. The van der Waals surface area contributed by atoms with Crippen molar-refractivity contribution >= 4 is 32.9 Å². The highest BCUT2D eigenvalue weighted by Gasteiger charge is 2.09. The van der Waals surface area contributed by atoms with Crippen LogP contribution < -0.4 is 5.32 Å². The normalized spacial score (nSPS) is 10.8. The number of aromatic nitrogens is 1. The molecular weight excluding hydrogens is 304 g/mol. The van der Waals surface area contributed by atoms with E-state index in [-0.39, 0.29) is 5.75 Å². The van der Waals surface area contributed by atoms with Crippen LogP contribution in [0.4, 0.5) is 11.4 Å². The molecular formula is C19H14N2OS. The van der Waals surface area contributed by atoms with E-state index in [1.54, 1.807) is 29.7 Å². The van der Waals surface area contributed by atoms with Gasteiger partial charge in [-0.3, -0.25) is 4.98 Å². The van der Waals surface area contributed by atoms with Crippen LogP contribution in [0.25, 0.3) is 20.7 Å². The lowest BCUT2D eigenvalue weighted by Gasteiger charge is -2.07. The molecule has 0 saturated heterocycles. The van der Waals surface area contributed by atoms with Crippen molar-refractivity contribution in [3.63, 3.8) is 0 Å². The van der Waals surface area contributed by atoms with Gasteiger partial charge in [0.1, 0.15) is 5.75 Å². The number of fused-ring (bicyclic) bond motifs is 1. The van der Waals surface area contributed by atoms with Crippen LogP contribution in [-0.2, 0) is 0 Å². The average Bonchev–Trinajstić information content (AvgIpc) is 3.01. The molecule has 2 aromatic heterocycles. The van der Waals surface area contributed by atoms with Gasteiger partial charge < -0.3 is 10.4 Å². The lowest BCUT2D eigenvalue weighted by Crippen LogP contribution is -1.90. The van der Waals surface area contributed by atoms with Crippen LogP contribution in [0.2, 0.25) is 0 Å². The van der Waals surface area contributed by atoms with Crippen molar-refractivity contribution in [3.05, 3.63) is 72.9 Å². The molecule has 0 aliphatic rings. The topological polar surface area (TPSA) is 45.1 Å². The minimum atomic E-state index is 0.247. The minimum Gasteiger partial charge on any atom is -0.508 e. The van der Waals surface area contributed by atoms with Gasteiger partial charge in [0.25, 0.3) is 0 Å². The second kappa shape index (κ2) is 5.74. The lowest BCUT2D eigenvalue weighted by atomic mass is 10.2. The van der Waals surface area contributed by atoms with E-state index < -0.39 is 0 Å². The highest BCUT2D eigenvalue weighted by Crippen LogP contribution is 2.37. The molecule has 2 heterocycles. The molecule has 4 heteroatoms. The predicted octanol–water partition coefficient (Wildman–Crippen LogP) is 5.41. The largest absolute Gasteiger partial charge is 0.508 e. The molecule has 112 valence electrons. The second-order valence-corrected chi connectivity index (χ2v) is 6.28. The van der Waals surface area contributed by atoms with Crippen LogP contribution >= 0.6 is 11.3 Å². The molecule has 2 N–H and O–H groups in total. The van der Waals surface area contributed by atoms with E-state index in [0.717, 1.165) is 21.6 Å². The molecule has 2 aromatic carbocycles. The van der Waals surface area contributed by atoms with Crippen LogP contribution in [0.5, 0.6) is 5.75 Å². The number of thiophene rings is 1. The van der Waals surface area contributed by atoms with Crippen LogP contribution in [0, 0.1) is 0 Å². The fraction of sp³-hybridized carbons (Fsp3) is 0. The van der Waals surface area contributed by atoms with Gasteiger partial charge in [-0.25, -0.2) is 0 Å². The summed E-state index contributed by atoms with van der Waals surface area (Å²) in [6.07, 6.45) is 1.80. The predicted molar refractivity (Wildman–Crippen MR) is 96.4 cm³/mol. The number of aromatic hydroxyl groups is 1. The number of hydrogen-bond donors (Lipinski definition) is 2. The number of phenolic OH excluding ortho intramolecular Hbond substituents is 1. The maximum atomic E-state index is 9.61. The molecule has 4 rings (SSSR count). The Hall–Kier alpha value is -2.85. The summed E-state index contributed by atoms with van der Waals surface area (Å²) >= 11 is 1.71. The third kappa shape index (κ3) is 2.76. The van der Waals surface area contributed by atoms with Gasteiger partial charge in [-0.2, -0.15) is 0 Å². The van der Waals surface area contributed by atoms with Crippen LogP contribution in [-0.4, -0.2) is 10.1 Å². The zero-order chi connectivity index (χ0) is 15.6. The lowest BCUT2D eigenvalue weighted by molar-refractivity contribution is 0.475. The summed E-state index contributed by atoms with van der Waals surface area (Å²) in [6.45, 7) is 0. The Kier molecular flexibility index (Phi) is 3.44. The van der Waals surface area contributed by atoms with Crippen LogP contribution in [0.1, 0.15) is 0 Å². The maximum Gasteiger partial charge on any atom is 0.117 e. The summed E-state index contributed by atoms with van der Waals surface area (Å²) in [7, 11) is 0. The van der Waals surface area contributed by atoms with Crippen molar-refractivity contribution in [2.45, 2.75) is 0 Å². The maximum absolute atomic E-state index is 9.61. The molecule has 0 amide bonds. The Labute approximate surface area is 137 Å². The van der Waals surface area contributed by atoms with Crippen molar-refractivity contribution in [3.8, 4) is 16.2 Å². The van der Waals surface area contributed by atoms with Gasteiger partial charge in [-0.1, -0.05) is 36.4 Å². The van der Waals surface area contributed by atoms with Crippen molar-refractivity contribution in [2.75, 3.05) is 5.32 Å². The van der Waals surface area contributed by atoms with Crippen LogP contribution in [0.15, 0.2) is 72.9 Å². The first-order chi connectivity index (χ1) is 11.3. The van der Waals surface area contributed by atoms with Gasteiger partial charge in [-0.15, -0.1) is 11.3 Å². The first kappa shape index (κ1) is 13.8. The first-order valence-corrected chi connectivity index (χ1v) is 8.11. The number of phenols is 1. The monoisotopic (exact) mass is 318 g/mol. The first-order valence-electron chi connectivity index (χ1n) is 7.30.